The van der Waals surface area contributed by atoms with Gasteiger partial charge in [-0.05, 0) is 34.0 Å². The fourth-order valence-corrected chi connectivity index (χ4v) is 4.47. The second kappa shape index (κ2) is 11.4. The second-order valence-corrected chi connectivity index (χ2v) is 8.90. The van der Waals surface area contributed by atoms with E-state index in [2.05, 4.69) is 16.6 Å². The summed E-state index contributed by atoms with van der Waals surface area (Å²) in [5, 5.41) is 27.2. The van der Waals surface area contributed by atoms with Crippen LogP contribution in [-0.4, -0.2) is 17.2 Å². The highest BCUT2D eigenvalue weighted by Crippen LogP contribution is 2.30. The van der Waals surface area contributed by atoms with Gasteiger partial charge >= 0.3 is 0 Å². The van der Waals surface area contributed by atoms with Crippen LogP contribution in [0.4, 0.5) is 0 Å². The van der Waals surface area contributed by atoms with Crippen LogP contribution in [0.25, 0.3) is 10.8 Å². The molecule has 5 rings (SSSR count). The SMILES string of the molecule is N#Cc1ccccc1COc1ccc2ccccc2c1/C=N\NC(=O)C(O)(c1ccccc1)c1ccccc1. The molecule has 0 aliphatic heterocycles. The van der Waals surface area contributed by atoms with Crippen LogP contribution in [0, 0.1) is 11.3 Å². The van der Waals surface area contributed by atoms with Crippen molar-refractivity contribution in [1.29, 1.82) is 5.26 Å². The number of nitrogens with one attached hydrogen (secondary N) is 1. The molecule has 0 heterocycles. The highest BCUT2D eigenvalue weighted by atomic mass is 16.5. The van der Waals surface area contributed by atoms with Gasteiger partial charge in [0, 0.05) is 11.1 Å². The van der Waals surface area contributed by atoms with Crippen LogP contribution in [0.1, 0.15) is 27.8 Å². The zero-order chi connectivity index (χ0) is 27.1. The standard InChI is InChI=1S/C33H25N3O3/c34-21-25-12-7-8-13-26(25)23-39-31-20-19-24-11-9-10-18-29(24)30(31)22-35-36-32(37)33(38,27-14-3-1-4-15-27)28-16-5-2-6-17-28/h1-20,22,38H,23H2,(H,36,37)/b35-22-. The Bertz CT molecular complexity index is 1640. The molecule has 0 atom stereocenters. The summed E-state index contributed by atoms with van der Waals surface area (Å²) in [5.74, 6) is -0.150. The van der Waals surface area contributed by atoms with Gasteiger partial charge in [-0.1, -0.05) is 109 Å². The van der Waals surface area contributed by atoms with Gasteiger partial charge < -0.3 is 9.84 Å². The molecule has 0 aliphatic carbocycles. The lowest BCUT2D eigenvalue weighted by molar-refractivity contribution is -0.136. The lowest BCUT2D eigenvalue weighted by atomic mass is 9.85. The van der Waals surface area contributed by atoms with E-state index in [1.165, 1.54) is 6.21 Å². The second-order valence-electron chi connectivity index (χ2n) is 8.90. The van der Waals surface area contributed by atoms with E-state index in [1.54, 1.807) is 54.6 Å². The zero-order valence-corrected chi connectivity index (χ0v) is 21.0. The Balaban J connectivity index is 1.46. The molecular formula is C33H25N3O3. The van der Waals surface area contributed by atoms with Crippen molar-refractivity contribution in [2.45, 2.75) is 12.2 Å². The van der Waals surface area contributed by atoms with E-state index in [4.69, 9.17) is 4.74 Å². The average molecular weight is 512 g/mol. The number of benzene rings is 5. The molecule has 5 aromatic carbocycles. The fraction of sp³-hybridized carbons (Fsp3) is 0.0606. The number of nitrogens with zero attached hydrogens (tertiary/aromatic N) is 2. The number of carbonyl (C=O) groups excluding carboxylic acids is 1. The molecule has 0 saturated carbocycles. The van der Waals surface area contributed by atoms with E-state index in [1.807, 2.05) is 66.7 Å². The predicted octanol–water partition coefficient (Wildman–Crippen LogP) is 5.68. The molecule has 0 saturated heterocycles. The third-order valence-corrected chi connectivity index (χ3v) is 6.52. The number of hydrogen-bond donors (Lipinski definition) is 2. The van der Waals surface area contributed by atoms with Crippen molar-refractivity contribution < 1.29 is 14.6 Å². The summed E-state index contributed by atoms with van der Waals surface area (Å²) < 4.78 is 6.13. The number of hydrogen-bond acceptors (Lipinski definition) is 5. The first-order valence-corrected chi connectivity index (χ1v) is 12.4. The van der Waals surface area contributed by atoms with E-state index < -0.39 is 11.5 Å². The Morgan fingerprint density at radius 1 is 0.846 bits per heavy atom. The smallest absolute Gasteiger partial charge is 0.281 e. The largest absolute Gasteiger partial charge is 0.488 e. The third-order valence-electron chi connectivity index (χ3n) is 6.52. The molecule has 39 heavy (non-hydrogen) atoms. The summed E-state index contributed by atoms with van der Waals surface area (Å²) in [6.07, 6.45) is 1.52. The molecule has 0 aliphatic rings. The lowest BCUT2D eigenvalue weighted by Crippen LogP contribution is -2.43. The highest BCUT2D eigenvalue weighted by molar-refractivity contribution is 6.03. The molecule has 2 N–H and O–H groups in total. The highest BCUT2D eigenvalue weighted by Gasteiger charge is 2.39. The van der Waals surface area contributed by atoms with Crippen molar-refractivity contribution in [2.75, 3.05) is 0 Å². The molecule has 6 heteroatoms. The minimum atomic E-state index is -1.95. The molecule has 190 valence electrons. The van der Waals surface area contributed by atoms with E-state index in [0.717, 1.165) is 16.3 Å². The normalized spacial score (nSPS) is 11.3. The van der Waals surface area contributed by atoms with Crippen LogP contribution in [-0.2, 0) is 17.0 Å². The number of ether oxygens (including phenoxy) is 1. The Morgan fingerprint density at radius 3 is 2.15 bits per heavy atom. The molecule has 5 aromatic rings. The van der Waals surface area contributed by atoms with Gasteiger partial charge in [-0.2, -0.15) is 10.4 Å². The maximum atomic E-state index is 13.4. The van der Waals surface area contributed by atoms with Crippen molar-refractivity contribution in [1.82, 2.24) is 5.43 Å². The maximum absolute atomic E-state index is 13.4. The lowest BCUT2D eigenvalue weighted by Gasteiger charge is -2.27. The van der Waals surface area contributed by atoms with E-state index in [0.29, 0.717) is 28.0 Å². The number of aliphatic hydroxyl groups is 1. The number of fused-ring (bicyclic) bond motifs is 1. The van der Waals surface area contributed by atoms with Crippen LogP contribution in [0.2, 0.25) is 0 Å². The zero-order valence-electron chi connectivity index (χ0n) is 21.0. The van der Waals surface area contributed by atoms with Gasteiger partial charge in [0.05, 0.1) is 17.8 Å². The number of rotatable bonds is 8. The van der Waals surface area contributed by atoms with Crippen LogP contribution in [0.3, 0.4) is 0 Å². The van der Waals surface area contributed by atoms with Gasteiger partial charge in [-0.25, -0.2) is 5.43 Å². The van der Waals surface area contributed by atoms with E-state index in [9.17, 15) is 15.2 Å². The molecule has 0 radical (unpaired) electrons. The predicted molar refractivity (Wildman–Crippen MR) is 151 cm³/mol. The van der Waals surface area contributed by atoms with Gasteiger partial charge in [-0.15, -0.1) is 0 Å². The summed E-state index contributed by atoms with van der Waals surface area (Å²) in [4.78, 5) is 13.4. The summed E-state index contributed by atoms with van der Waals surface area (Å²) >= 11 is 0. The minimum Gasteiger partial charge on any atom is -0.488 e. The summed E-state index contributed by atoms with van der Waals surface area (Å²) in [6.45, 7) is 0.192. The summed E-state index contributed by atoms with van der Waals surface area (Å²) in [6, 6.07) is 38.5. The minimum absolute atomic E-state index is 0.192. The topological polar surface area (TPSA) is 94.7 Å². The van der Waals surface area contributed by atoms with Gasteiger partial charge in [0.2, 0.25) is 0 Å². The first-order valence-electron chi connectivity index (χ1n) is 12.4. The molecule has 0 bridgehead atoms. The number of hydrazone groups is 1. The fourth-order valence-electron chi connectivity index (χ4n) is 4.47. The molecule has 1 amide bonds. The number of amides is 1. The Hall–Kier alpha value is -5.25. The van der Waals surface area contributed by atoms with E-state index in [-0.39, 0.29) is 6.61 Å². The first-order chi connectivity index (χ1) is 19.1. The Morgan fingerprint density at radius 2 is 1.46 bits per heavy atom. The van der Waals surface area contributed by atoms with Crippen molar-refractivity contribution >= 4 is 22.9 Å². The average Bonchev–Trinajstić information content (AvgIpc) is 3.01. The molecule has 0 spiro atoms. The molecule has 0 fully saturated rings. The monoisotopic (exact) mass is 511 g/mol. The number of carbonyl (C=O) groups is 1. The first kappa shape index (κ1) is 25.4. The maximum Gasteiger partial charge on any atom is 0.281 e. The molecule has 0 unspecified atom stereocenters. The van der Waals surface area contributed by atoms with Crippen molar-refractivity contribution in [3.8, 4) is 11.8 Å². The quantitative estimate of drug-likeness (QED) is 0.207. The van der Waals surface area contributed by atoms with Crippen LogP contribution >= 0.6 is 0 Å². The van der Waals surface area contributed by atoms with E-state index >= 15 is 0 Å². The third kappa shape index (κ3) is 5.26. The number of nitriles is 1. The molecule has 6 nitrogen and oxygen atoms in total. The van der Waals surface area contributed by atoms with Crippen molar-refractivity contribution in [2.24, 2.45) is 5.10 Å². The van der Waals surface area contributed by atoms with Crippen molar-refractivity contribution in [3.63, 3.8) is 0 Å². The van der Waals surface area contributed by atoms with Gasteiger partial charge in [0.15, 0.2) is 5.60 Å². The van der Waals surface area contributed by atoms with Crippen LogP contribution in [0.15, 0.2) is 126 Å². The van der Waals surface area contributed by atoms with Gasteiger partial charge in [-0.3, -0.25) is 4.79 Å². The van der Waals surface area contributed by atoms with Crippen LogP contribution < -0.4 is 10.2 Å². The summed E-state index contributed by atoms with van der Waals surface area (Å²) in [7, 11) is 0. The van der Waals surface area contributed by atoms with Gasteiger partial charge in [0.25, 0.3) is 5.91 Å². The molecule has 0 aromatic heterocycles. The summed E-state index contributed by atoms with van der Waals surface area (Å²) in [5.41, 5.74) is 3.41. The van der Waals surface area contributed by atoms with Crippen molar-refractivity contribution in [3.05, 3.63) is 149 Å². The molecular weight excluding hydrogens is 486 g/mol. The van der Waals surface area contributed by atoms with Gasteiger partial charge in [0.1, 0.15) is 12.4 Å². The van der Waals surface area contributed by atoms with Crippen LogP contribution in [0.5, 0.6) is 5.75 Å². The Kier molecular flexibility index (Phi) is 7.44. The Labute approximate surface area is 226 Å².